The normalized spacial score (nSPS) is 14.0. The molecule has 4 aromatic rings. The van der Waals surface area contributed by atoms with Crippen LogP contribution in [0.15, 0.2) is 60.8 Å². The van der Waals surface area contributed by atoms with Gasteiger partial charge in [-0.1, -0.05) is 24.3 Å². The third kappa shape index (κ3) is 5.12. The lowest BCUT2D eigenvalue weighted by atomic mass is 9.99. The van der Waals surface area contributed by atoms with Gasteiger partial charge in [-0.3, -0.25) is 9.69 Å². The number of aromatic amines is 1. The highest BCUT2D eigenvalue weighted by molar-refractivity contribution is 6.00. The van der Waals surface area contributed by atoms with E-state index < -0.39 is 5.91 Å². The minimum absolute atomic E-state index is 0.378. The summed E-state index contributed by atoms with van der Waals surface area (Å²) in [7, 11) is 1.66. The number of anilines is 4. The van der Waals surface area contributed by atoms with Gasteiger partial charge in [0.2, 0.25) is 5.95 Å². The zero-order valence-electron chi connectivity index (χ0n) is 21.2. The number of nitrogens with zero attached hydrogens (tertiary/aromatic N) is 3. The van der Waals surface area contributed by atoms with Crippen LogP contribution in [0.3, 0.4) is 0 Å². The molecular weight excluding hydrogens is 466 g/mol. The average Bonchev–Trinajstić information content (AvgIpc) is 3.38. The first-order valence-electron chi connectivity index (χ1n) is 12.3. The number of benzene rings is 2. The van der Waals surface area contributed by atoms with Gasteiger partial charge in [-0.25, -0.2) is 0 Å². The molecule has 190 valence electrons. The molecule has 1 amide bonds. The van der Waals surface area contributed by atoms with Crippen molar-refractivity contribution in [2.75, 3.05) is 30.8 Å². The molecule has 0 radical (unpaired) electrons. The number of fused-ring (bicyclic) bond motifs is 1. The number of methoxy groups -OCH3 is 1. The summed E-state index contributed by atoms with van der Waals surface area (Å²) in [4.78, 5) is 26.8. The highest BCUT2D eigenvalue weighted by atomic mass is 16.5. The van der Waals surface area contributed by atoms with Crippen molar-refractivity contribution in [2.45, 2.75) is 26.3 Å². The smallest absolute Gasteiger partial charge is 0.250 e. The molecule has 2 aromatic carbocycles. The number of hydrogen-bond donors (Lipinski definition) is 4. The van der Waals surface area contributed by atoms with Crippen LogP contribution in [0.5, 0.6) is 5.75 Å². The SMILES string of the molecule is COc1cc(C2=CCCN(C(C)C)C2)ccc1Nc1nc(Nc2ccccc2C(N)=O)c2cc[nH]c2n1. The van der Waals surface area contributed by atoms with Gasteiger partial charge < -0.3 is 26.1 Å². The van der Waals surface area contributed by atoms with Gasteiger partial charge >= 0.3 is 0 Å². The minimum atomic E-state index is -0.518. The monoisotopic (exact) mass is 497 g/mol. The number of ether oxygens (including phenoxy) is 1. The van der Waals surface area contributed by atoms with Crippen molar-refractivity contribution in [2.24, 2.45) is 5.73 Å². The van der Waals surface area contributed by atoms with Crippen LogP contribution in [0.25, 0.3) is 16.6 Å². The van der Waals surface area contributed by atoms with Crippen molar-refractivity contribution in [3.05, 3.63) is 71.9 Å². The van der Waals surface area contributed by atoms with Gasteiger partial charge in [-0.05, 0) is 61.7 Å². The Labute approximate surface area is 215 Å². The molecule has 0 aliphatic carbocycles. The Bertz CT molecular complexity index is 1470. The number of carbonyl (C=O) groups is 1. The minimum Gasteiger partial charge on any atom is -0.495 e. The second-order valence-corrected chi connectivity index (χ2v) is 9.29. The highest BCUT2D eigenvalue weighted by Gasteiger charge is 2.18. The lowest BCUT2D eigenvalue weighted by Crippen LogP contribution is -2.35. The van der Waals surface area contributed by atoms with Crippen molar-refractivity contribution in [1.29, 1.82) is 0 Å². The number of nitrogens with one attached hydrogen (secondary N) is 3. The first kappa shape index (κ1) is 24.3. The summed E-state index contributed by atoms with van der Waals surface area (Å²) in [6.07, 6.45) is 5.14. The predicted octanol–water partition coefficient (Wildman–Crippen LogP) is 5.05. The fourth-order valence-electron chi connectivity index (χ4n) is 4.56. The zero-order chi connectivity index (χ0) is 25.9. The molecule has 0 fully saturated rings. The van der Waals surface area contributed by atoms with Gasteiger partial charge in [0.05, 0.1) is 29.4 Å². The molecule has 5 N–H and O–H groups in total. The van der Waals surface area contributed by atoms with E-state index in [1.54, 1.807) is 31.5 Å². The number of para-hydroxylation sites is 1. The number of H-pyrrole nitrogens is 1. The second kappa shape index (κ2) is 10.3. The number of amides is 1. The summed E-state index contributed by atoms with van der Waals surface area (Å²) in [5.41, 5.74) is 10.3. The van der Waals surface area contributed by atoms with E-state index in [0.717, 1.165) is 36.1 Å². The fraction of sp³-hybridized carbons (Fsp3) is 0.250. The quantitative estimate of drug-likeness (QED) is 0.269. The Hall–Kier alpha value is -4.37. The number of hydrogen-bond acceptors (Lipinski definition) is 7. The highest BCUT2D eigenvalue weighted by Crippen LogP contribution is 2.33. The number of aromatic nitrogens is 3. The Balaban J connectivity index is 1.45. The Morgan fingerprint density at radius 1 is 1.11 bits per heavy atom. The number of carbonyl (C=O) groups excluding carboxylic acids is 1. The van der Waals surface area contributed by atoms with Crippen LogP contribution >= 0.6 is 0 Å². The summed E-state index contributed by atoms with van der Waals surface area (Å²) in [6.45, 7) is 6.46. The molecule has 3 heterocycles. The van der Waals surface area contributed by atoms with Crippen molar-refractivity contribution in [3.8, 4) is 5.75 Å². The fourth-order valence-corrected chi connectivity index (χ4v) is 4.56. The van der Waals surface area contributed by atoms with Gasteiger partial charge in [0.15, 0.2) is 0 Å². The lowest BCUT2D eigenvalue weighted by molar-refractivity contribution is 0.100. The Kier molecular flexibility index (Phi) is 6.78. The maximum atomic E-state index is 11.9. The molecule has 37 heavy (non-hydrogen) atoms. The van der Waals surface area contributed by atoms with Gasteiger partial charge in [0.1, 0.15) is 17.2 Å². The first-order chi connectivity index (χ1) is 17.9. The van der Waals surface area contributed by atoms with Gasteiger partial charge in [-0.2, -0.15) is 9.97 Å². The standard InChI is InChI=1S/C28H31N7O2/c1-17(2)35-14-6-7-19(16-35)18-10-11-23(24(15-18)37-3)32-28-33-26-21(12-13-30-26)27(34-28)31-22-9-5-4-8-20(22)25(29)36/h4-5,7-13,15,17H,6,14,16H2,1-3H3,(H2,29,36)(H3,30,31,32,33,34). The van der Waals surface area contributed by atoms with E-state index in [-0.39, 0.29) is 0 Å². The molecular formula is C28H31N7O2. The Morgan fingerprint density at radius 3 is 2.73 bits per heavy atom. The van der Waals surface area contributed by atoms with Crippen LogP contribution in [-0.4, -0.2) is 52.0 Å². The maximum absolute atomic E-state index is 11.9. The molecule has 0 saturated heterocycles. The van der Waals surface area contributed by atoms with E-state index in [4.69, 9.17) is 15.5 Å². The van der Waals surface area contributed by atoms with E-state index in [9.17, 15) is 4.79 Å². The topological polar surface area (TPSA) is 121 Å². The van der Waals surface area contributed by atoms with Gasteiger partial charge in [0, 0.05) is 25.3 Å². The van der Waals surface area contributed by atoms with E-state index in [0.29, 0.717) is 40.5 Å². The lowest BCUT2D eigenvalue weighted by Gasteiger charge is -2.31. The summed E-state index contributed by atoms with van der Waals surface area (Å²) in [5, 5.41) is 7.33. The summed E-state index contributed by atoms with van der Waals surface area (Å²) >= 11 is 0. The zero-order valence-corrected chi connectivity index (χ0v) is 21.2. The summed E-state index contributed by atoms with van der Waals surface area (Å²) < 4.78 is 5.73. The predicted molar refractivity (Wildman–Crippen MR) is 148 cm³/mol. The van der Waals surface area contributed by atoms with Gasteiger partial charge in [0.25, 0.3) is 5.91 Å². The molecule has 9 nitrogen and oxygen atoms in total. The van der Waals surface area contributed by atoms with Crippen molar-refractivity contribution >= 4 is 45.7 Å². The summed E-state index contributed by atoms with van der Waals surface area (Å²) in [6, 6.07) is 15.6. The van der Waals surface area contributed by atoms with Crippen LogP contribution in [0.1, 0.15) is 36.2 Å². The largest absolute Gasteiger partial charge is 0.495 e. The third-order valence-electron chi connectivity index (χ3n) is 6.59. The van der Waals surface area contributed by atoms with Crippen molar-refractivity contribution in [3.63, 3.8) is 0 Å². The van der Waals surface area contributed by atoms with Crippen LogP contribution in [0, 0.1) is 0 Å². The van der Waals surface area contributed by atoms with Gasteiger partial charge in [-0.15, -0.1) is 0 Å². The second-order valence-electron chi connectivity index (χ2n) is 9.29. The average molecular weight is 498 g/mol. The molecule has 0 saturated carbocycles. The van der Waals surface area contributed by atoms with Crippen LogP contribution in [-0.2, 0) is 0 Å². The maximum Gasteiger partial charge on any atom is 0.250 e. The van der Waals surface area contributed by atoms with E-state index in [1.165, 1.54) is 5.57 Å². The molecule has 0 bridgehead atoms. The van der Waals surface area contributed by atoms with E-state index >= 15 is 0 Å². The Morgan fingerprint density at radius 2 is 1.95 bits per heavy atom. The van der Waals surface area contributed by atoms with E-state index in [1.807, 2.05) is 24.3 Å². The van der Waals surface area contributed by atoms with Crippen molar-refractivity contribution < 1.29 is 9.53 Å². The van der Waals surface area contributed by atoms with Crippen LogP contribution in [0.2, 0.25) is 0 Å². The molecule has 5 rings (SSSR count). The molecule has 0 unspecified atom stereocenters. The molecule has 0 spiro atoms. The summed E-state index contributed by atoms with van der Waals surface area (Å²) in [5.74, 6) is 1.10. The number of rotatable bonds is 8. The number of primary amides is 1. The molecule has 1 aliphatic heterocycles. The van der Waals surface area contributed by atoms with Crippen LogP contribution in [0.4, 0.5) is 23.1 Å². The third-order valence-corrected chi connectivity index (χ3v) is 6.59. The van der Waals surface area contributed by atoms with Crippen LogP contribution < -0.4 is 21.1 Å². The first-order valence-corrected chi connectivity index (χ1v) is 12.3. The molecule has 0 atom stereocenters. The van der Waals surface area contributed by atoms with Crippen molar-refractivity contribution in [1.82, 2.24) is 19.9 Å². The number of nitrogens with two attached hydrogens (primary N) is 1. The molecule has 9 heteroatoms. The molecule has 2 aromatic heterocycles. The van der Waals surface area contributed by atoms with E-state index in [2.05, 4.69) is 51.5 Å². The molecule has 1 aliphatic rings.